The van der Waals surface area contributed by atoms with Gasteiger partial charge in [-0.05, 0) is 24.6 Å². The Kier molecular flexibility index (Phi) is 2.52. The van der Waals surface area contributed by atoms with Gasteiger partial charge in [-0.3, -0.25) is 0 Å². The molecule has 0 fully saturated rings. The third-order valence-electron chi connectivity index (χ3n) is 2.30. The maximum atomic E-state index is 10.9. The molecule has 1 aromatic heterocycles. The molecule has 0 aliphatic carbocycles. The molecule has 0 saturated heterocycles. The van der Waals surface area contributed by atoms with Crippen LogP contribution >= 0.6 is 15.9 Å². The molecule has 0 unspecified atom stereocenters. The van der Waals surface area contributed by atoms with Gasteiger partial charge in [0.15, 0.2) is 0 Å². The zero-order valence-electron chi connectivity index (χ0n) is 8.08. The van der Waals surface area contributed by atoms with Crippen molar-refractivity contribution in [1.82, 2.24) is 0 Å². The molecule has 3 nitrogen and oxygen atoms in total. The van der Waals surface area contributed by atoms with E-state index >= 15 is 0 Å². The van der Waals surface area contributed by atoms with Crippen LogP contribution < -0.4 is 0 Å². The molecule has 2 aromatic rings. The van der Waals surface area contributed by atoms with Crippen LogP contribution in [0.4, 0.5) is 0 Å². The summed E-state index contributed by atoms with van der Waals surface area (Å²) >= 11 is 3.35. The summed E-state index contributed by atoms with van der Waals surface area (Å²) in [5, 5.41) is 9.83. The highest BCUT2D eigenvalue weighted by molar-refractivity contribution is 9.10. The number of benzene rings is 1. The van der Waals surface area contributed by atoms with E-state index in [0.29, 0.717) is 12.0 Å². The van der Waals surface area contributed by atoms with E-state index < -0.39 is 5.97 Å². The molecule has 78 valence electrons. The Hall–Kier alpha value is -1.29. The Bertz CT molecular complexity index is 528. The molecule has 1 aromatic carbocycles. The maximum absolute atomic E-state index is 10.9. The Morgan fingerprint density at radius 2 is 2.27 bits per heavy atom. The van der Waals surface area contributed by atoms with Gasteiger partial charge in [0.05, 0.1) is 0 Å². The summed E-state index contributed by atoms with van der Waals surface area (Å²) in [4.78, 5) is 10.9. The van der Waals surface area contributed by atoms with Gasteiger partial charge in [0.1, 0.15) is 5.58 Å². The number of aryl methyl sites for hydroxylation is 1. The van der Waals surface area contributed by atoms with E-state index in [4.69, 9.17) is 9.52 Å². The molecule has 0 atom stereocenters. The van der Waals surface area contributed by atoms with Crippen LogP contribution in [0.1, 0.15) is 23.0 Å². The molecule has 0 spiro atoms. The number of hydrogen-bond acceptors (Lipinski definition) is 2. The fraction of sp³-hybridized carbons (Fsp3) is 0.182. The number of rotatable bonds is 2. The molecule has 15 heavy (non-hydrogen) atoms. The van der Waals surface area contributed by atoms with E-state index in [2.05, 4.69) is 15.9 Å². The van der Waals surface area contributed by atoms with Crippen molar-refractivity contribution in [2.45, 2.75) is 13.3 Å². The van der Waals surface area contributed by atoms with Crippen LogP contribution in [0.2, 0.25) is 0 Å². The van der Waals surface area contributed by atoms with Crippen molar-refractivity contribution in [2.24, 2.45) is 0 Å². The summed E-state index contributed by atoms with van der Waals surface area (Å²) in [5.74, 6) is -0.968. The van der Waals surface area contributed by atoms with Gasteiger partial charge in [0, 0.05) is 15.4 Å². The number of carbonyl (C=O) groups is 1. The predicted octanol–water partition coefficient (Wildman–Crippen LogP) is 3.46. The number of halogens is 1. The lowest BCUT2D eigenvalue weighted by molar-refractivity contribution is 0.0663. The Labute approximate surface area is 94.8 Å². The van der Waals surface area contributed by atoms with Crippen molar-refractivity contribution >= 4 is 32.9 Å². The zero-order valence-corrected chi connectivity index (χ0v) is 9.67. The van der Waals surface area contributed by atoms with Crippen LogP contribution in [-0.4, -0.2) is 11.1 Å². The summed E-state index contributed by atoms with van der Waals surface area (Å²) in [6, 6.07) is 5.48. The Morgan fingerprint density at radius 1 is 1.53 bits per heavy atom. The Morgan fingerprint density at radius 3 is 2.87 bits per heavy atom. The fourth-order valence-electron chi connectivity index (χ4n) is 1.64. The van der Waals surface area contributed by atoms with Crippen molar-refractivity contribution in [2.75, 3.05) is 0 Å². The van der Waals surface area contributed by atoms with Gasteiger partial charge in [-0.15, -0.1) is 0 Å². The molecule has 0 saturated carbocycles. The highest BCUT2D eigenvalue weighted by Crippen LogP contribution is 2.28. The molecular formula is C11H9BrO3. The highest BCUT2D eigenvalue weighted by Gasteiger charge is 2.18. The summed E-state index contributed by atoms with van der Waals surface area (Å²) in [7, 11) is 0. The number of hydrogen-bond donors (Lipinski definition) is 1. The van der Waals surface area contributed by atoms with E-state index in [9.17, 15) is 4.79 Å². The number of carboxylic acid groups (broad SMARTS) is 1. The minimum Gasteiger partial charge on any atom is -0.475 e. The molecule has 0 aliphatic heterocycles. The average Bonchev–Trinajstić information content (AvgIpc) is 2.55. The number of furan rings is 1. The Balaban J connectivity index is 2.79. The van der Waals surface area contributed by atoms with Crippen molar-refractivity contribution in [1.29, 1.82) is 0 Å². The van der Waals surface area contributed by atoms with Crippen LogP contribution in [-0.2, 0) is 6.42 Å². The molecule has 0 amide bonds. The average molecular weight is 269 g/mol. The van der Waals surface area contributed by atoms with Gasteiger partial charge < -0.3 is 9.52 Å². The van der Waals surface area contributed by atoms with Crippen LogP contribution in [0.5, 0.6) is 0 Å². The normalized spacial score (nSPS) is 10.8. The third kappa shape index (κ3) is 1.65. The van der Waals surface area contributed by atoms with E-state index in [1.54, 1.807) is 6.07 Å². The van der Waals surface area contributed by atoms with E-state index in [0.717, 1.165) is 15.4 Å². The first-order valence-corrected chi connectivity index (χ1v) is 5.37. The molecular weight excluding hydrogens is 260 g/mol. The van der Waals surface area contributed by atoms with Gasteiger partial charge in [0.25, 0.3) is 0 Å². The largest absolute Gasteiger partial charge is 0.475 e. The van der Waals surface area contributed by atoms with Crippen LogP contribution in [0.15, 0.2) is 27.1 Å². The highest BCUT2D eigenvalue weighted by atomic mass is 79.9. The van der Waals surface area contributed by atoms with E-state index in [1.807, 2.05) is 19.1 Å². The smallest absolute Gasteiger partial charge is 0.372 e. The van der Waals surface area contributed by atoms with Gasteiger partial charge in [-0.25, -0.2) is 4.79 Å². The second-order valence-electron chi connectivity index (χ2n) is 3.21. The summed E-state index contributed by atoms with van der Waals surface area (Å²) in [6.45, 7) is 1.91. The van der Waals surface area contributed by atoms with Gasteiger partial charge >= 0.3 is 5.97 Å². The van der Waals surface area contributed by atoms with Crippen molar-refractivity contribution in [3.63, 3.8) is 0 Å². The first-order valence-electron chi connectivity index (χ1n) is 4.57. The standard InChI is InChI=1S/C11H9BrO3/c1-2-7-8-5-6(12)3-4-9(8)15-10(7)11(13)14/h3-5H,2H2,1H3,(H,13,14). The van der Waals surface area contributed by atoms with Gasteiger partial charge in [-0.1, -0.05) is 22.9 Å². The SMILES string of the molecule is CCc1c(C(=O)O)oc2ccc(Br)cc12. The number of carboxylic acids is 1. The van der Waals surface area contributed by atoms with Crippen molar-refractivity contribution in [3.8, 4) is 0 Å². The number of fused-ring (bicyclic) bond motifs is 1. The quantitative estimate of drug-likeness (QED) is 0.908. The minimum atomic E-state index is -1.01. The number of aromatic carboxylic acids is 1. The lowest BCUT2D eigenvalue weighted by Crippen LogP contribution is -1.97. The summed E-state index contributed by atoms with van der Waals surface area (Å²) < 4.78 is 6.21. The van der Waals surface area contributed by atoms with Gasteiger partial charge in [-0.2, -0.15) is 0 Å². The molecule has 0 radical (unpaired) electrons. The predicted molar refractivity (Wildman–Crippen MR) is 60.3 cm³/mol. The van der Waals surface area contributed by atoms with Crippen molar-refractivity contribution in [3.05, 3.63) is 34.0 Å². The van der Waals surface area contributed by atoms with Crippen LogP contribution in [0, 0.1) is 0 Å². The molecule has 0 aliphatic rings. The second-order valence-corrected chi connectivity index (χ2v) is 4.12. The lowest BCUT2D eigenvalue weighted by atomic mass is 10.1. The fourth-order valence-corrected chi connectivity index (χ4v) is 2.01. The minimum absolute atomic E-state index is 0.0469. The molecule has 0 bridgehead atoms. The first-order chi connectivity index (χ1) is 7.13. The van der Waals surface area contributed by atoms with Crippen LogP contribution in [0.25, 0.3) is 11.0 Å². The molecule has 1 heterocycles. The zero-order chi connectivity index (χ0) is 11.0. The van der Waals surface area contributed by atoms with E-state index in [-0.39, 0.29) is 5.76 Å². The van der Waals surface area contributed by atoms with Gasteiger partial charge in [0.2, 0.25) is 5.76 Å². The lowest BCUT2D eigenvalue weighted by Gasteiger charge is -1.94. The molecule has 4 heteroatoms. The van der Waals surface area contributed by atoms with E-state index in [1.165, 1.54) is 0 Å². The molecule has 1 N–H and O–H groups in total. The first kappa shape index (κ1) is 10.2. The molecule has 2 rings (SSSR count). The van der Waals surface area contributed by atoms with Crippen molar-refractivity contribution < 1.29 is 14.3 Å². The monoisotopic (exact) mass is 268 g/mol. The third-order valence-corrected chi connectivity index (χ3v) is 2.79. The summed E-state index contributed by atoms with van der Waals surface area (Å²) in [5.41, 5.74) is 1.37. The summed E-state index contributed by atoms with van der Waals surface area (Å²) in [6.07, 6.45) is 0.644. The topological polar surface area (TPSA) is 50.4 Å². The maximum Gasteiger partial charge on any atom is 0.372 e. The second kappa shape index (κ2) is 3.70. The van der Waals surface area contributed by atoms with Crippen LogP contribution in [0.3, 0.4) is 0 Å².